The standard InChI is InChI=1S/C10H22O2/c1-3-6-9(2)10(12)7-4-5-8-11/h9-12H,3-8H2,1-2H3. The molecule has 0 saturated carbocycles. The van der Waals surface area contributed by atoms with E-state index in [1.165, 1.54) is 0 Å². The molecule has 2 heteroatoms. The van der Waals surface area contributed by atoms with E-state index in [0.29, 0.717) is 5.92 Å². The molecule has 2 atom stereocenters. The Balaban J connectivity index is 3.35. The number of unbranched alkanes of at least 4 members (excludes halogenated alkanes) is 1. The lowest BCUT2D eigenvalue weighted by molar-refractivity contribution is 0.0979. The maximum Gasteiger partial charge on any atom is 0.0565 e. The molecule has 0 saturated heterocycles. The van der Waals surface area contributed by atoms with Crippen molar-refractivity contribution in [2.75, 3.05) is 6.61 Å². The molecule has 2 unspecified atom stereocenters. The van der Waals surface area contributed by atoms with Gasteiger partial charge in [0.05, 0.1) is 6.10 Å². The Bertz CT molecular complexity index is 93.8. The molecule has 0 heterocycles. The second kappa shape index (κ2) is 7.56. The SMILES string of the molecule is CCCC(C)C(O)CCCCO. The third-order valence-electron chi connectivity index (χ3n) is 2.31. The summed E-state index contributed by atoms with van der Waals surface area (Å²) in [4.78, 5) is 0. The van der Waals surface area contributed by atoms with Gasteiger partial charge in [-0.15, -0.1) is 0 Å². The molecule has 0 rings (SSSR count). The quantitative estimate of drug-likeness (QED) is 0.579. The minimum Gasteiger partial charge on any atom is -0.396 e. The van der Waals surface area contributed by atoms with Crippen molar-refractivity contribution in [3.8, 4) is 0 Å². The van der Waals surface area contributed by atoms with Crippen molar-refractivity contribution < 1.29 is 10.2 Å². The van der Waals surface area contributed by atoms with Crippen molar-refractivity contribution in [2.24, 2.45) is 5.92 Å². The van der Waals surface area contributed by atoms with E-state index >= 15 is 0 Å². The first-order valence-corrected chi connectivity index (χ1v) is 5.01. The number of rotatable bonds is 7. The van der Waals surface area contributed by atoms with Crippen LogP contribution in [-0.2, 0) is 0 Å². The van der Waals surface area contributed by atoms with Gasteiger partial charge in [0, 0.05) is 6.61 Å². The van der Waals surface area contributed by atoms with Crippen molar-refractivity contribution in [1.29, 1.82) is 0 Å². The first kappa shape index (κ1) is 11.9. The zero-order chi connectivity index (χ0) is 9.40. The molecule has 2 N–H and O–H groups in total. The van der Waals surface area contributed by atoms with Gasteiger partial charge in [0.15, 0.2) is 0 Å². The highest BCUT2D eigenvalue weighted by Crippen LogP contribution is 2.15. The van der Waals surface area contributed by atoms with Crippen LogP contribution >= 0.6 is 0 Å². The van der Waals surface area contributed by atoms with Crippen molar-refractivity contribution in [3.05, 3.63) is 0 Å². The molecule has 0 aromatic rings. The fourth-order valence-electron chi connectivity index (χ4n) is 1.40. The molecule has 0 aliphatic rings. The van der Waals surface area contributed by atoms with Gasteiger partial charge in [-0.3, -0.25) is 0 Å². The van der Waals surface area contributed by atoms with E-state index in [9.17, 15) is 5.11 Å². The fraction of sp³-hybridized carbons (Fsp3) is 1.00. The highest BCUT2D eigenvalue weighted by atomic mass is 16.3. The third kappa shape index (κ3) is 5.56. The Kier molecular flexibility index (Phi) is 7.51. The van der Waals surface area contributed by atoms with Crippen LogP contribution in [0.2, 0.25) is 0 Å². The number of hydrogen-bond acceptors (Lipinski definition) is 2. The summed E-state index contributed by atoms with van der Waals surface area (Å²) in [7, 11) is 0. The Morgan fingerprint density at radius 3 is 2.33 bits per heavy atom. The normalized spacial score (nSPS) is 16.0. The lowest BCUT2D eigenvalue weighted by atomic mass is 9.95. The first-order chi connectivity index (χ1) is 5.72. The van der Waals surface area contributed by atoms with Crippen LogP contribution < -0.4 is 0 Å². The second-order valence-electron chi connectivity index (χ2n) is 3.55. The van der Waals surface area contributed by atoms with Crippen LogP contribution in [0, 0.1) is 5.92 Å². The van der Waals surface area contributed by atoms with Crippen LogP contribution in [0.5, 0.6) is 0 Å². The predicted octanol–water partition coefficient (Wildman–Crippen LogP) is 1.95. The molecular formula is C10H22O2. The largest absolute Gasteiger partial charge is 0.396 e. The molecule has 0 aromatic heterocycles. The van der Waals surface area contributed by atoms with Gasteiger partial charge in [0.2, 0.25) is 0 Å². The zero-order valence-corrected chi connectivity index (χ0v) is 8.29. The van der Waals surface area contributed by atoms with Crippen molar-refractivity contribution in [1.82, 2.24) is 0 Å². The molecule has 0 aliphatic carbocycles. The van der Waals surface area contributed by atoms with E-state index in [0.717, 1.165) is 32.1 Å². The second-order valence-corrected chi connectivity index (χ2v) is 3.55. The summed E-state index contributed by atoms with van der Waals surface area (Å²) in [5.74, 6) is 0.411. The number of aliphatic hydroxyl groups excluding tert-OH is 2. The van der Waals surface area contributed by atoms with Crippen molar-refractivity contribution in [2.45, 2.75) is 52.1 Å². The van der Waals surface area contributed by atoms with E-state index < -0.39 is 0 Å². The van der Waals surface area contributed by atoms with Crippen LogP contribution in [0.4, 0.5) is 0 Å². The summed E-state index contributed by atoms with van der Waals surface area (Å²) in [5, 5.41) is 18.1. The summed E-state index contributed by atoms with van der Waals surface area (Å²) < 4.78 is 0. The first-order valence-electron chi connectivity index (χ1n) is 5.01. The molecule has 0 radical (unpaired) electrons. The van der Waals surface area contributed by atoms with Crippen LogP contribution in [0.25, 0.3) is 0 Å². The number of aliphatic hydroxyl groups is 2. The smallest absolute Gasteiger partial charge is 0.0565 e. The summed E-state index contributed by atoms with van der Waals surface area (Å²) in [6.07, 6.45) is 4.65. The average Bonchev–Trinajstić information content (AvgIpc) is 2.05. The molecule has 0 bridgehead atoms. The molecule has 0 spiro atoms. The van der Waals surface area contributed by atoms with Crippen LogP contribution in [0.15, 0.2) is 0 Å². The summed E-state index contributed by atoms with van der Waals surface area (Å²) >= 11 is 0. The molecule has 0 aromatic carbocycles. The van der Waals surface area contributed by atoms with Gasteiger partial charge in [-0.05, 0) is 31.6 Å². The monoisotopic (exact) mass is 174 g/mol. The lowest BCUT2D eigenvalue weighted by Gasteiger charge is -2.17. The van der Waals surface area contributed by atoms with Gasteiger partial charge in [0.25, 0.3) is 0 Å². The lowest BCUT2D eigenvalue weighted by Crippen LogP contribution is -2.17. The Labute approximate surface area is 75.6 Å². The van der Waals surface area contributed by atoms with E-state index in [2.05, 4.69) is 13.8 Å². The van der Waals surface area contributed by atoms with E-state index in [1.807, 2.05) is 0 Å². The van der Waals surface area contributed by atoms with Gasteiger partial charge >= 0.3 is 0 Å². The van der Waals surface area contributed by atoms with Crippen LogP contribution in [0.3, 0.4) is 0 Å². The van der Waals surface area contributed by atoms with Gasteiger partial charge in [-0.1, -0.05) is 20.3 Å². The van der Waals surface area contributed by atoms with E-state index in [4.69, 9.17) is 5.11 Å². The molecule has 0 fully saturated rings. The summed E-state index contributed by atoms with van der Waals surface area (Å²) in [5.41, 5.74) is 0. The van der Waals surface area contributed by atoms with Gasteiger partial charge in [-0.25, -0.2) is 0 Å². The molecule has 74 valence electrons. The number of hydrogen-bond donors (Lipinski definition) is 2. The predicted molar refractivity (Wildman–Crippen MR) is 51.0 cm³/mol. The Morgan fingerprint density at radius 2 is 1.83 bits per heavy atom. The molecule has 12 heavy (non-hydrogen) atoms. The highest BCUT2D eigenvalue weighted by Gasteiger charge is 2.11. The topological polar surface area (TPSA) is 40.5 Å². The minimum absolute atomic E-state index is 0.170. The minimum atomic E-state index is -0.170. The molecule has 2 nitrogen and oxygen atoms in total. The van der Waals surface area contributed by atoms with E-state index in [1.54, 1.807) is 0 Å². The van der Waals surface area contributed by atoms with Crippen molar-refractivity contribution >= 4 is 0 Å². The fourth-order valence-corrected chi connectivity index (χ4v) is 1.40. The summed E-state index contributed by atoms with van der Waals surface area (Å²) in [6.45, 7) is 4.47. The zero-order valence-electron chi connectivity index (χ0n) is 8.29. The highest BCUT2D eigenvalue weighted by molar-refractivity contribution is 4.63. The maximum absolute atomic E-state index is 9.59. The van der Waals surface area contributed by atoms with Crippen LogP contribution in [-0.4, -0.2) is 22.9 Å². The van der Waals surface area contributed by atoms with E-state index in [-0.39, 0.29) is 12.7 Å². The average molecular weight is 174 g/mol. The molecular weight excluding hydrogens is 152 g/mol. The van der Waals surface area contributed by atoms with Crippen molar-refractivity contribution in [3.63, 3.8) is 0 Å². The Morgan fingerprint density at radius 1 is 1.17 bits per heavy atom. The van der Waals surface area contributed by atoms with Crippen LogP contribution in [0.1, 0.15) is 46.0 Å². The summed E-state index contributed by atoms with van der Waals surface area (Å²) in [6, 6.07) is 0. The molecule has 0 aliphatic heterocycles. The maximum atomic E-state index is 9.59. The molecule has 0 amide bonds. The Hall–Kier alpha value is -0.0800. The van der Waals surface area contributed by atoms with Gasteiger partial charge < -0.3 is 10.2 Å². The van der Waals surface area contributed by atoms with Gasteiger partial charge in [0.1, 0.15) is 0 Å². The third-order valence-corrected chi connectivity index (χ3v) is 2.31. The van der Waals surface area contributed by atoms with Gasteiger partial charge in [-0.2, -0.15) is 0 Å².